The van der Waals surface area contributed by atoms with E-state index in [-0.39, 0.29) is 36.2 Å². The number of benzene rings is 2. The van der Waals surface area contributed by atoms with Crippen LogP contribution in [0.5, 0.6) is 0 Å². The molecule has 1 aliphatic carbocycles. The summed E-state index contributed by atoms with van der Waals surface area (Å²) in [6.07, 6.45) is 2.43. The van der Waals surface area contributed by atoms with Gasteiger partial charge in [0.05, 0.1) is 0 Å². The van der Waals surface area contributed by atoms with Crippen LogP contribution in [0.3, 0.4) is 0 Å². The Bertz CT molecular complexity index is 1030. The zero-order valence-corrected chi connectivity index (χ0v) is 18.5. The fraction of sp³-hybridized carbons (Fsp3) is 0.440. The van der Waals surface area contributed by atoms with Crippen LogP contribution in [-0.2, 0) is 11.2 Å². The van der Waals surface area contributed by atoms with Crippen LogP contribution in [0.25, 0.3) is 0 Å². The molecular formula is C25H29F2N3O2. The van der Waals surface area contributed by atoms with Crippen LogP contribution in [0.15, 0.2) is 36.4 Å². The van der Waals surface area contributed by atoms with E-state index < -0.39 is 11.6 Å². The van der Waals surface area contributed by atoms with Crippen LogP contribution in [-0.4, -0.2) is 48.9 Å². The topological polar surface area (TPSA) is 61.4 Å². The van der Waals surface area contributed by atoms with Gasteiger partial charge in [-0.2, -0.15) is 0 Å². The molecule has 0 spiro atoms. The Labute approximate surface area is 187 Å². The summed E-state index contributed by atoms with van der Waals surface area (Å²) in [4.78, 5) is 27.3. The standard InChI is InChI=1S/C25H29F2N3O2/c1-15-4-3-5-17(10-15)25(32)29-18-8-9-30(14-18)24(31)13-23(28-2)19-7-6-16-11-21(26)22(27)12-20(16)19/h3-5,10-12,18-19,23,28H,6-9,13-14H2,1-2H3,(H,29,32). The fourth-order valence-corrected chi connectivity index (χ4v) is 4.97. The molecular weight excluding hydrogens is 412 g/mol. The molecule has 5 nitrogen and oxygen atoms in total. The van der Waals surface area contributed by atoms with Crippen molar-refractivity contribution in [3.8, 4) is 0 Å². The van der Waals surface area contributed by atoms with Gasteiger partial charge in [0.15, 0.2) is 11.6 Å². The molecule has 0 bridgehead atoms. The molecule has 170 valence electrons. The van der Waals surface area contributed by atoms with Gasteiger partial charge < -0.3 is 15.5 Å². The van der Waals surface area contributed by atoms with E-state index in [9.17, 15) is 18.4 Å². The van der Waals surface area contributed by atoms with Crippen molar-refractivity contribution in [2.45, 2.75) is 50.6 Å². The van der Waals surface area contributed by atoms with Crippen molar-refractivity contribution in [1.29, 1.82) is 0 Å². The summed E-state index contributed by atoms with van der Waals surface area (Å²) in [5.74, 6) is -1.82. The van der Waals surface area contributed by atoms with Gasteiger partial charge in [-0.1, -0.05) is 17.7 Å². The number of rotatable bonds is 6. The van der Waals surface area contributed by atoms with E-state index in [1.807, 2.05) is 25.1 Å². The largest absolute Gasteiger partial charge is 0.347 e. The molecule has 2 amide bonds. The van der Waals surface area contributed by atoms with Crippen LogP contribution in [0.4, 0.5) is 8.78 Å². The van der Waals surface area contributed by atoms with E-state index in [4.69, 9.17) is 0 Å². The number of aryl methyl sites for hydroxylation is 2. The average molecular weight is 442 g/mol. The molecule has 1 aliphatic heterocycles. The smallest absolute Gasteiger partial charge is 0.251 e. The van der Waals surface area contributed by atoms with Gasteiger partial charge in [-0.25, -0.2) is 8.78 Å². The molecule has 3 unspecified atom stereocenters. The van der Waals surface area contributed by atoms with E-state index in [0.29, 0.717) is 31.5 Å². The maximum absolute atomic E-state index is 13.8. The fourth-order valence-electron chi connectivity index (χ4n) is 4.97. The number of likely N-dealkylation sites (N-methyl/N-ethyl adjacent to an activating group) is 1. The van der Waals surface area contributed by atoms with Crippen LogP contribution in [0.1, 0.15) is 52.2 Å². The number of hydrogen-bond acceptors (Lipinski definition) is 3. The highest BCUT2D eigenvalue weighted by molar-refractivity contribution is 5.94. The Morgan fingerprint density at radius 1 is 1.16 bits per heavy atom. The molecule has 3 atom stereocenters. The van der Waals surface area contributed by atoms with Crippen LogP contribution >= 0.6 is 0 Å². The second kappa shape index (κ2) is 9.36. The van der Waals surface area contributed by atoms with Crippen molar-refractivity contribution in [3.63, 3.8) is 0 Å². The Morgan fingerprint density at radius 2 is 1.94 bits per heavy atom. The molecule has 0 aromatic heterocycles. The predicted octanol–water partition coefficient (Wildman–Crippen LogP) is 3.31. The first kappa shape index (κ1) is 22.4. The van der Waals surface area contributed by atoms with Gasteiger partial charge in [0.2, 0.25) is 5.91 Å². The van der Waals surface area contributed by atoms with Gasteiger partial charge >= 0.3 is 0 Å². The molecule has 7 heteroatoms. The number of likely N-dealkylation sites (tertiary alicyclic amines) is 1. The maximum atomic E-state index is 13.8. The molecule has 4 rings (SSSR count). The lowest BCUT2D eigenvalue weighted by Gasteiger charge is -2.26. The number of carbonyl (C=O) groups is 2. The molecule has 1 heterocycles. The molecule has 1 fully saturated rings. The molecule has 2 aromatic carbocycles. The zero-order chi connectivity index (χ0) is 22.8. The Kier molecular flexibility index (Phi) is 6.55. The van der Waals surface area contributed by atoms with Gasteiger partial charge in [-0.3, -0.25) is 9.59 Å². The Balaban J connectivity index is 1.35. The van der Waals surface area contributed by atoms with Crippen molar-refractivity contribution >= 4 is 11.8 Å². The van der Waals surface area contributed by atoms with Crippen molar-refractivity contribution < 1.29 is 18.4 Å². The van der Waals surface area contributed by atoms with E-state index in [2.05, 4.69) is 10.6 Å². The number of halogens is 2. The number of nitrogens with one attached hydrogen (secondary N) is 2. The van der Waals surface area contributed by atoms with Gasteiger partial charge in [0.1, 0.15) is 0 Å². The third-order valence-electron chi connectivity index (χ3n) is 6.71. The molecule has 2 aliphatic rings. The quantitative estimate of drug-likeness (QED) is 0.723. The van der Waals surface area contributed by atoms with E-state index in [1.165, 1.54) is 12.1 Å². The first-order valence-corrected chi connectivity index (χ1v) is 11.2. The monoisotopic (exact) mass is 441 g/mol. The second-order valence-electron chi connectivity index (χ2n) is 8.88. The summed E-state index contributed by atoms with van der Waals surface area (Å²) in [5, 5.41) is 6.24. The zero-order valence-electron chi connectivity index (χ0n) is 18.5. The number of hydrogen-bond donors (Lipinski definition) is 2. The molecule has 32 heavy (non-hydrogen) atoms. The highest BCUT2D eigenvalue weighted by atomic mass is 19.2. The summed E-state index contributed by atoms with van der Waals surface area (Å²) in [7, 11) is 1.80. The number of carbonyl (C=O) groups excluding carboxylic acids is 2. The molecule has 2 N–H and O–H groups in total. The summed E-state index contributed by atoms with van der Waals surface area (Å²) in [6.45, 7) is 3.02. The van der Waals surface area contributed by atoms with Gasteiger partial charge in [-0.05, 0) is 68.6 Å². The number of fused-ring (bicyclic) bond motifs is 1. The lowest BCUT2D eigenvalue weighted by molar-refractivity contribution is -0.130. The van der Waals surface area contributed by atoms with Crippen molar-refractivity contribution in [2.24, 2.45) is 0 Å². The van der Waals surface area contributed by atoms with E-state index in [1.54, 1.807) is 18.0 Å². The van der Waals surface area contributed by atoms with Crippen molar-refractivity contribution in [2.75, 3.05) is 20.1 Å². The first-order valence-electron chi connectivity index (χ1n) is 11.2. The van der Waals surface area contributed by atoms with Crippen LogP contribution < -0.4 is 10.6 Å². The minimum Gasteiger partial charge on any atom is -0.347 e. The number of nitrogens with zero attached hydrogens (tertiary/aromatic N) is 1. The summed E-state index contributed by atoms with van der Waals surface area (Å²) in [6, 6.07) is 9.75. The molecule has 2 aromatic rings. The molecule has 0 saturated carbocycles. The highest BCUT2D eigenvalue weighted by Gasteiger charge is 2.34. The van der Waals surface area contributed by atoms with Crippen LogP contribution in [0, 0.1) is 18.6 Å². The number of amides is 2. The molecule has 1 saturated heterocycles. The van der Waals surface area contributed by atoms with E-state index >= 15 is 0 Å². The van der Waals surface area contributed by atoms with Gasteiger partial charge in [0, 0.05) is 43.1 Å². The second-order valence-corrected chi connectivity index (χ2v) is 8.88. The third kappa shape index (κ3) is 4.67. The van der Waals surface area contributed by atoms with Gasteiger partial charge in [0.25, 0.3) is 5.91 Å². The molecule has 0 radical (unpaired) electrons. The average Bonchev–Trinajstić information content (AvgIpc) is 3.39. The van der Waals surface area contributed by atoms with E-state index in [0.717, 1.165) is 23.1 Å². The summed E-state index contributed by atoms with van der Waals surface area (Å²) in [5.41, 5.74) is 3.26. The lowest BCUT2D eigenvalue weighted by Crippen LogP contribution is -2.41. The van der Waals surface area contributed by atoms with Crippen LogP contribution in [0.2, 0.25) is 0 Å². The maximum Gasteiger partial charge on any atom is 0.251 e. The van der Waals surface area contributed by atoms with Crippen molar-refractivity contribution in [1.82, 2.24) is 15.5 Å². The minimum absolute atomic E-state index is 0.00712. The minimum atomic E-state index is -0.844. The SMILES string of the molecule is CNC(CC(=O)N1CCC(NC(=O)c2cccc(C)c2)C1)C1CCc2cc(F)c(F)cc21. The first-order chi connectivity index (χ1) is 15.4. The lowest BCUT2D eigenvalue weighted by atomic mass is 9.90. The summed E-state index contributed by atoms with van der Waals surface area (Å²) >= 11 is 0. The highest BCUT2D eigenvalue weighted by Crippen LogP contribution is 2.37. The van der Waals surface area contributed by atoms with Gasteiger partial charge in [-0.15, -0.1) is 0 Å². The summed E-state index contributed by atoms with van der Waals surface area (Å²) < 4.78 is 27.4. The van der Waals surface area contributed by atoms with Crippen molar-refractivity contribution in [3.05, 3.63) is 70.3 Å². The predicted molar refractivity (Wildman–Crippen MR) is 119 cm³/mol. The Hall–Kier alpha value is -2.80. The normalized spacial score (nSPS) is 20.8. The third-order valence-corrected chi connectivity index (χ3v) is 6.71. The Morgan fingerprint density at radius 3 is 2.69 bits per heavy atom.